The minimum absolute atomic E-state index is 0.0464. The van der Waals surface area contributed by atoms with E-state index < -0.39 is 17.5 Å². The standard InChI is InChI=1S/C14H10F3NO2/c1-20-12-6-10(7-18-8-12)13(19)9-3-2-4-11(5-9)14(15,16)17/h2-8H,1H3. The Morgan fingerprint density at radius 2 is 1.90 bits per heavy atom. The zero-order valence-corrected chi connectivity index (χ0v) is 10.4. The number of methoxy groups -OCH3 is 1. The highest BCUT2D eigenvalue weighted by Gasteiger charge is 2.31. The van der Waals surface area contributed by atoms with Gasteiger partial charge in [0.2, 0.25) is 0 Å². The number of benzene rings is 1. The highest BCUT2D eigenvalue weighted by molar-refractivity contribution is 6.09. The van der Waals surface area contributed by atoms with Crippen LogP contribution in [0.2, 0.25) is 0 Å². The van der Waals surface area contributed by atoms with E-state index in [9.17, 15) is 18.0 Å². The molecule has 2 aromatic rings. The summed E-state index contributed by atoms with van der Waals surface area (Å²) in [7, 11) is 1.41. The molecule has 0 saturated carbocycles. The fraction of sp³-hybridized carbons (Fsp3) is 0.143. The number of ketones is 1. The van der Waals surface area contributed by atoms with Gasteiger partial charge in [0.1, 0.15) is 5.75 Å². The summed E-state index contributed by atoms with van der Waals surface area (Å²) in [6.45, 7) is 0. The van der Waals surface area contributed by atoms with Gasteiger partial charge >= 0.3 is 6.18 Å². The Bertz CT molecular complexity index is 638. The maximum absolute atomic E-state index is 12.6. The van der Waals surface area contributed by atoms with Gasteiger partial charge in [-0.15, -0.1) is 0 Å². The third-order valence-corrected chi connectivity index (χ3v) is 2.66. The minimum Gasteiger partial charge on any atom is -0.495 e. The smallest absolute Gasteiger partial charge is 0.416 e. The maximum atomic E-state index is 12.6. The van der Waals surface area contributed by atoms with Crippen LogP contribution < -0.4 is 4.74 Å². The molecule has 6 heteroatoms. The number of carbonyl (C=O) groups is 1. The Morgan fingerprint density at radius 1 is 1.15 bits per heavy atom. The first-order chi connectivity index (χ1) is 9.41. The van der Waals surface area contributed by atoms with Gasteiger partial charge in [-0.1, -0.05) is 12.1 Å². The molecule has 0 aliphatic rings. The van der Waals surface area contributed by atoms with E-state index in [1.54, 1.807) is 0 Å². The van der Waals surface area contributed by atoms with E-state index in [1.165, 1.54) is 37.7 Å². The van der Waals surface area contributed by atoms with Crippen molar-refractivity contribution in [3.63, 3.8) is 0 Å². The molecule has 20 heavy (non-hydrogen) atoms. The molecule has 0 bridgehead atoms. The van der Waals surface area contributed by atoms with Crippen LogP contribution in [0.25, 0.3) is 0 Å². The zero-order valence-electron chi connectivity index (χ0n) is 10.4. The third-order valence-electron chi connectivity index (χ3n) is 2.66. The lowest BCUT2D eigenvalue weighted by Crippen LogP contribution is -2.08. The molecule has 0 amide bonds. The van der Waals surface area contributed by atoms with E-state index in [-0.39, 0.29) is 11.1 Å². The lowest BCUT2D eigenvalue weighted by molar-refractivity contribution is -0.137. The van der Waals surface area contributed by atoms with Crippen LogP contribution in [0.1, 0.15) is 21.5 Å². The lowest BCUT2D eigenvalue weighted by atomic mass is 10.0. The van der Waals surface area contributed by atoms with Crippen molar-refractivity contribution >= 4 is 5.78 Å². The number of halogens is 3. The van der Waals surface area contributed by atoms with Crippen LogP contribution in [0.4, 0.5) is 13.2 Å². The summed E-state index contributed by atoms with van der Waals surface area (Å²) >= 11 is 0. The Labute approximate surface area is 113 Å². The first-order valence-corrected chi connectivity index (χ1v) is 5.63. The molecular weight excluding hydrogens is 271 g/mol. The summed E-state index contributed by atoms with van der Waals surface area (Å²) in [6.07, 6.45) is -1.79. The largest absolute Gasteiger partial charge is 0.495 e. The van der Waals surface area contributed by atoms with Gasteiger partial charge in [-0.3, -0.25) is 9.78 Å². The van der Waals surface area contributed by atoms with Crippen LogP contribution in [0, 0.1) is 0 Å². The summed E-state index contributed by atoms with van der Waals surface area (Å²) in [5.74, 6) is -0.176. The van der Waals surface area contributed by atoms with Gasteiger partial charge in [0.25, 0.3) is 0 Å². The number of ether oxygens (including phenoxy) is 1. The van der Waals surface area contributed by atoms with E-state index in [2.05, 4.69) is 4.98 Å². The Hall–Kier alpha value is -2.37. The second-order valence-electron chi connectivity index (χ2n) is 4.02. The molecule has 0 fully saturated rings. The molecule has 0 unspecified atom stereocenters. The average molecular weight is 281 g/mol. The van der Waals surface area contributed by atoms with Crippen LogP contribution in [0.15, 0.2) is 42.7 Å². The second kappa shape index (κ2) is 5.32. The number of aromatic nitrogens is 1. The molecule has 1 aromatic heterocycles. The number of nitrogens with zero attached hydrogens (tertiary/aromatic N) is 1. The monoisotopic (exact) mass is 281 g/mol. The molecule has 1 aromatic carbocycles. The van der Waals surface area contributed by atoms with Gasteiger partial charge < -0.3 is 4.74 Å². The van der Waals surface area contributed by atoms with Gasteiger partial charge in [-0.25, -0.2) is 0 Å². The summed E-state index contributed by atoms with van der Waals surface area (Å²) in [6, 6.07) is 5.69. The molecule has 0 aliphatic heterocycles. The fourth-order valence-electron chi connectivity index (χ4n) is 1.66. The molecule has 0 spiro atoms. The molecule has 0 atom stereocenters. The summed E-state index contributed by atoms with van der Waals surface area (Å²) in [5, 5.41) is 0. The van der Waals surface area contributed by atoms with Crippen molar-refractivity contribution in [2.24, 2.45) is 0 Å². The van der Waals surface area contributed by atoms with Gasteiger partial charge in [-0.05, 0) is 18.2 Å². The highest BCUT2D eigenvalue weighted by atomic mass is 19.4. The van der Waals surface area contributed by atoms with Crippen molar-refractivity contribution in [2.45, 2.75) is 6.18 Å². The number of hydrogen-bond acceptors (Lipinski definition) is 3. The molecule has 0 saturated heterocycles. The van der Waals surface area contributed by atoms with Crippen molar-refractivity contribution < 1.29 is 22.7 Å². The number of carbonyl (C=O) groups excluding carboxylic acids is 1. The van der Waals surface area contributed by atoms with E-state index in [0.29, 0.717) is 5.75 Å². The zero-order chi connectivity index (χ0) is 14.8. The fourth-order valence-corrected chi connectivity index (χ4v) is 1.66. The summed E-state index contributed by atoms with van der Waals surface area (Å²) in [5.41, 5.74) is -0.738. The van der Waals surface area contributed by atoms with E-state index in [1.807, 2.05) is 0 Å². The average Bonchev–Trinajstić information content (AvgIpc) is 2.46. The normalized spacial score (nSPS) is 11.2. The van der Waals surface area contributed by atoms with E-state index in [4.69, 9.17) is 4.74 Å². The number of alkyl halides is 3. The van der Waals surface area contributed by atoms with Crippen molar-refractivity contribution in [1.82, 2.24) is 4.98 Å². The molecule has 0 N–H and O–H groups in total. The number of pyridine rings is 1. The third kappa shape index (κ3) is 2.96. The van der Waals surface area contributed by atoms with Gasteiger partial charge in [-0.2, -0.15) is 13.2 Å². The van der Waals surface area contributed by atoms with Crippen LogP contribution in [0.3, 0.4) is 0 Å². The quantitative estimate of drug-likeness (QED) is 0.810. The SMILES string of the molecule is COc1cncc(C(=O)c2cccc(C(F)(F)F)c2)c1. The van der Waals surface area contributed by atoms with Crippen molar-refractivity contribution in [2.75, 3.05) is 7.11 Å². The molecule has 3 nitrogen and oxygen atoms in total. The lowest BCUT2D eigenvalue weighted by Gasteiger charge is -2.08. The van der Waals surface area contributed by atoms with Crippen molar-refractivity contribution in [3.8, 4) is 5.75 Å². The molecule has 0 radical (unpaired) electrons. The summed E-state index contributed by atoms with van der Waals surface area (Å²) < 4.78 is 42.8. The van der Waals surface area contributed by atoms with Gasteiger partial charge in [0.15, 0.2) is 5.78 Å². The second-order valence-corrected chi connectivity index (χ2v) is 4.02. The predicted molar refractivity (Wildman–Crippen MR) is 65.7 cm³/mol. The Balaban J connectivity index is 2.38. The van der Waals surface area contributed by atoms with Crippen molar-refractivity contribution in [1.29, 1.82) is 0 Å². The van der Waals surface area contributed by atoms with Crippen LogP contribution in [0.5, 0.6) is 5.75 Å². The molecular formula is C14H10F3NO2. The number of rotatable bonds is 3. The molecule has 104 valence electrons. The van der Waals surface area contributed by atoms with E-state index in [0.717, 1.165) is 12.1 Å². The van der Waals surface area contributed by atoms with Crippen molar-refractivity contribution in [3.05, 3.63) is 59.4 Å². The molecule has 0 aliphatic carbocycles. The van der Waals surface area contributed by atoms with Crippen LogP contribution >= 0.6 is 0 Å². The van der Waals surface area contributed by atoms with Gasteiger partial charge in [0, 0.05) is 17.3 Å². The van der Waals surface area contributed by atoms with Crippen LogP contribution in [-0.4, -0.2) is 17.9 Å². The minimum atomic E-state index is -4.48. The van der Waals surface area contributed by atoms with Gasteiger partial charge in [0.05, 0.1) is 18.9 Å². The van der Waals surface area contributed by atoms with Crippen LogP contribution in [-0.2, 0) is 6.18 Å². The molecule has 2 rings (SSSR count). The maximum Gasteiger partial charge on any atom is 0.416 e. The Kier molecular flexibility index (Phi) is 3.74. The molecule has 1 heterocycles. The van der Waals surface area contributed by atoms with E-state index >= 15 is 0 Å². The summed E-state index contributed by atoms with van der Waals surface area (Å²) in [4.78, 5) is 15.9. The topological polar surface area (TPSA) is 39.2 Å². The first-order valence-electron chi connectivity index (χ1n) is 5.63. The Morgan fingerprint density at radius 3 is 2.55 bits per heavy atom. The highest BCUT2D eigenvalue weighted by Crippen LogP contribution is 2.30. The number of hydrogen-bond donors (Lipinski definition) is 0. The predicted octanol–water partition coefficient (Wildman–Crippen LogP) is 3.34. The first kappa shape index (κ1) is 14.0.